The lowest BCUT2D eigenvalue weighted by Gasteiger charge is -2.18. The maximum Gasteiger partial charge on any atom is 0.256 e. The predicted octanol–water partition coefficient (Wildman–Crippen LogP) is 2.46. The van der Waals surface area contributed by atoms with Crippen molar-refractivity contribution in [1.82, 2.24) is 0 Å². The van der Waals surface area contributed by atoms with Gasteiger partial charge < -0.3 is 16.4 Å². The van der Waals surface area contributed by atoms with E-state index in [1.54, 1.807) is 17.5 Å². The van der Waals surface area contributed by atoms with Crippen LogP contribution in [0.1, 0.15) is 32.7 Å². The molecule has 108 valence electrons. The highest BCUT2D eigenvalue weighted by atomic mass is 32.1. The molecule has 0 atom stereocenters. The second-order valence-corrected chi connectivity index (χ2v) is 5.80. The van der Waals surface area contributed by atoms with E-state index in [4.69, 9.17) is 5.73 Å². The van der Waals surface area contributed by atoms with Gasteiger partial charge in [0.25, 0.3) is 11.8 Å². The average molecular weight is 301 g/mol. The van der Waals surface area contributed by atoms with E-state index in [1.807, 2.05) is 12.1 Å². The first kappa shape index (κ1) is 13.6. The second kappa shape index (κ2) is 5.57. The first-order valence-electron chi connectivity index (χ1n) is 6.70. The molecular formula is C15H15N3O2S. The Hall–Kier alpha value is -2.34. The Morgan fingerprint density at radius 1 is 1.29 bits per heavy atom. The van der Waals surface area contributed by atoms with Crippen LogP contribution in [-0.4, -0.2) is 18.4 Å². The Morgan fingerprint density at radius 2 is 2.14 bits per heavy atom. The van der Waals surface area contributed by atoms with Gasteiger partial charge >= 0.3 is 0 Å². The number of hydrogen-bond donors (Lipinski definition) is 3. The van der Waals surface area contributed by atoms with Crippen LogP contribution in [0.4, 0.5) is 10.7 Å². The van der Waals surface area contributed by atoms with Crippen molar-refractivity contribution in [3.63, 3.8) is 0 Å². The number of nitrogens with one attached hydrogen (secondary N) is 2. The van der Waals surface area contributed by atoms with Crippen molar-refractivity contribution in [3.05, 3.63) is 46.3 Å². The lowest BCUT2D eigenvalue weighted by Crippen LogP contribution is -2.17. The average Bonchev–Trinajstić information content (AvgIpc) is 2.95. The van der Waals surface area contributed by atoms with Crippen LogP contribution in [0.5, 0.6) is 0 Å². The van der Waals surface area contributed by atoms with Gasteiger partial charge in [0.05, 0.1) is 5.56 Å². The van der Waals surface area contributed by atoms with Gasteiger partial charge in [-0.05, 0) is 48.1 Å². The van der Waals surface area contributed by atoms with Crippen LogP contribution in [-0.2, 0) is 6.42 Å². The SMILES string of the molecule is NC(=O)c1ccsc1NC(=O)c1ccc2c(c1)CCCN2. The summed E-state index contributed by atoms with van der Waals surface area (Å²) in [6.07, 6.45) is 2.03. The van der Waals surface area contributed by atoms with Crippen molar-refractivity contribution in [2.75, 3.05) is 17.2 Å². The molecule has 6 heteroatoms. The van der Waals surface area contributed by atoms with Gasteiger partial charge in [-0.1, -0.05) is 0 Å². The quantitative estimate of drug-likeness (QED) is 0.814. The molecule has 1 aliphatic heterocycles. The zero-order valence-corrected chi connectivity index (χ0v) is 12.1. The van der Waals surface area contributed by atoms with E-state index in [0.29, 0.717) is 16.1 Å². The number of rotatable bonds is 3. The number of anilines is 2. The van der Waals surface area contributed by atoms with E-state index in [2.05, 4.69) is 10.6 Å². The summed E-state index contributed by atoms with van der Waals surface area (Å²) in [5.41, 5.74) is 8.44. The summed E-state index contributed by atoms with van der Waals surface area (Å²) in [5.74, 6) is -0.769. The normalized spacial score (nSPS) is 13.1. The molecule has 3 rings (SSSR count). The topological polar surface area (TPSA) is 84.2 Å². The van der Waals surface area contributed by atoms with Crippen LogP contribution in [0, 0.1) is 0 Å². The molecule has 21 heavy (non-hydrogen) atoms. The van der Waals surface area contributed by atoms with Crippen LogP contribution < -0.4 is 16.4 Å². The van der Waals surface area contributed by atoms with E-state index >= 15 is 0 Å². The summed E-state index contributed by atoms with van der Waals surface area (Å²) < 4.78 is 0. The van der Waals surface area contributed by atoms with Crippen molar-refractivity contribution in [2.45, 2.75) is 12.8 Å². The molecule has 1 aromatic carbocycles. The van der Waals surface area contributed by atoms with Gasteiger partial charge in [0.1, 0.15) is 5.00 Å². The number of carbonyl (C=O) groups excluding carboxylic acids is 2. The van der Waals surface area contributed by atoms with Gasteiger partial charge in [-0.2, -0.15) is 0 Å². The van der Waals surface area contributed by atoms with Gasteiger partial charge in [-0.3, -0.25) is 9.59 Å². The van der Waals surface area contributed by atoms with E-state index < -0.39 is 5.91 Å². The molecule has 0 bridgehead atoms. The lowest BCUT2D eigenvalue weighted by molar-refractivity contribution is 0.100. The van der Waals surface area contributed by atoms with E-state index in [1.165, 1.54) is 11.3 Å². The number of fused-ring (bicyclic) bond motifs is 1. The molecule has 0 aliphatic carbocycles. The summed E-state index contributed by atoms with van der Waals surface area (Å²) in [4.78, 5) is 23.6. The predicted molar refractivity (Wildman–Crippen MR) is 84.0 cm³/mol. The third-order valence-electron chi connectivity index (χ3n) is 3.46. The number of thiophene rings is 1. The van der Waals surface area contributed by atoms with Crippen LogP contribution >= 0.6 is 11.3 Å². The fraction of sp³-hybridized carbons (Fsp3) is 0.200. The van der Waals surface area contributed by atoms with E-state index in [9.17, 15) is 9.59 Å². The minimum Gasteiger partial charge on any atom is -0.385 e. The second-order valence-electron chi connectivity index (χ2n) is 4.88. The molecule has 0 saturated carbocycles. The van der Waals surface area contributed by atoms with Gasteiger partial charge in [-0.15, -0.1) is 11.3 Å². The molecule has 1 aliphatic rings. The number of amides is 2. The minimum atomic E-state index is -0.541. The Morgan fingerprint density at radius 3 is 2.95 bits per heavy atom. The van der Waals surface area contributed by atoms with Gasteiger partial charge in [0.15, 0.2) is 0 Å². The molecule has 0 unspecified atom stereocenters. The lowest BCUT2D eigenvalue weighted by atomic mass is 10.0. The molecule has 5 nitrogen and oxygen atoms in total. The van der Waals surface area contributed by atoms with Crippen molar-refractivity contribution < 1.29 is 9.59 Å². The monoisotopic (exact) mass is 301 g/mol. The highest BCUT2D eigenvalue weighted by Crippen LogP contribution is 2.26. The van der Waals surface area contributed by atoms with Gasteiger partial charge in [-0.25, -0.2) is 0 Å². The first-order chi connectivity index (χ1) is 10.1. The van der Waals surface area contributed by atoms with Crippen molar-refractivity contribution in [3.8, 4) is 0 Å². The number of benzene rings is 1. The van der Waals surface area contributed by atoms with Crippen LogP contribution in [0.2, 0.25) is 0 Å². The molecule has 1 aromatic heterocycles. The summed E-state index contributed by atoms with van der Waals surface area (Å²) in [6, 6.07) is 7.21. The minimum absolute atomic E-state index is 0.228. The number of hydrogen-bond acceptors (Lipinski definition) is 4. The maximum absolute atomic E-state index is 12.3. The largest absolute Gasteiger partial charge is 0.385 e. The molecule has 4 N–H and O–H groups in total. The molecule has 0 spiro atoms. The zero-order valence-electron chi connectivity index (χ0n) is 11.3. The maximum atomic E-state index is 12.3. The number of carbonyl (C=O) groups is 2. The fourth-order valence-electron chi connectivity index (χ4n) is 2.39. The summed E-state index contributed by atoms with van der Waals surface area (Å²) >= 11 is 1.28. The summed E-state index contributed by atoms with van der Waals surface area (Å²) in [6.45, 7) is 0.968. The van der Waals surface area contributed by atoms with Crippen LogP contribution in [0.15, 0.2) is 29.6 Å². The van der Waals surface area contributed by atoms with E-state index in [0.717, 1.165) is 30.6 Å². The third kappa shape index (κ3) is 2.75. The Balaban J connectivity index is 1.82. The Bertz CT molecular complexity index is 709. The molecular weight excluding hydrogens is 286 g/mol. The molecule has 2 amide bonds. The Labute approximate surface area is 126 Å². The van der Waals surface area contributed by atoms with Crippen molar-refractivity contribution in [2.24, 2.45) is 5.73 Å². The number of aryl methyl sites for hydroxylation is 1. The third-order valence-corrected chi connectivity index (χ3v) is 4.29. The zero-order chi connectivity index (χ0) is 14.8. The highest BCUT2D eigenvalue weighted by Gasteiger charge is 2.16. The first-order valence-corrected chi connectivity index (χ1v) is 7.58. The van der Waals surface area contributed by atoms with E-state index in [-0.39, 0.29) is 5.91 Å². The van der Waals surface area contributed by atoms with Crippen molar-refractivity contribution >= 4 is 33.8 Å². The molecule has 0 fully saturated rings. The number of nitrogens with two attached hydrogens (primary N) is 1. The summed E-state index contributed by atoms with van der Waals surface area (Å²) in [7, 11) is 0. The van der Waals surface area contributed by atoms with Crippen LogP contribution in [0.25, 0.3) is 0 Å². The molecule has 2 aromatic rings. The standard InChI is InChI=1S/C15H15N3O2S/c16-13(19)11-5-7-21-15(11)18-14(20)10-3-4-12-9(8-10)2-1-6-17-12/h3-5,7-8,17H,1-2,6H2,(H2,16,19)(H,18,20). The van der Waals surface area contributed by atoms with Gasteiger partial charge in [0, 0.05) is 17.8 Å². The Kier molecular flexibility index (Phi) is 3.62. The molecule has 0 radical (unpaired) electrons. The fourth-order valence-corrected chi connectivity index (χ4v) is 3.18. The molecule has 0 saturated heterocycles. The molecule has 2 heterocycles. The highest BCUT2D eigenvalue weighted by molar-refractivity contribution is 7.14. The van der Waals surface area contributed by atoms with Gasteiger partial charge in [0.2, 0.25) is 0 Å². The van der Waals surface area contributed by atoms with Crippen LogP contribution in [0.3, 0.4) is 0 Å². The smallest absolute Gasteiger partial charge is 0.256 e. The van der Waals surface area contributed by atoms with Crippen molar-refractivity contribution in [1.29, 1.82) is 0 Å². The summed E-state index contributed by atoms with van der Waals surface area (Å²) in [5, 5.41) is 8.28. The number of primary amides is 1.